The zero-order valence-corrected chi connectivity index (χ0v) is 18.1. The quantitative estimate of drug-likeness (QED) is 0.272. The average Bonchev–Trinajstić information content (AvgIpc) is 3.13. The Bertz CT molecular complexity index is 1240. The molecule has 1 fully saturated rings. The maximum atomic E-state index is 15.3. The Hall–Kier alpha value is -3.38. The number of carbonyl (C=O) groups is 2. The summed E-state index contributed by atoms with van der Waals surface area (Å²) in [6.45, 7) is 1.16. The lowest BCUT2D eigenvalue weighted by Gasteiger charge is -2.26. The molecule has 3 heterocycles. The van der Waals surface area contributed by atoms with Crippen molar-refractivity contribution in [3.05, 3.63) is 15.6 Å². The number of terminal acetylenes is 1. The number of nitrogens with two attached hydrogens (primary N) is 1. The number of hydrogen-bond donors (Lipinski definition) is 1. The van der Waals surface area contributed by atoms with Gasteiger partial charge in [-0.1, -0.05) is 17.5 Å². The van der Waals surface area contributed by atoms with E-state index < -0.39 is 60.5 Å². The summed E-state index contributed by atoms with van der Waals surface area (Å²) < 4.78 is 71.9. The van der Waals surface area contributed by atoms with Crippen molar-refractivity contribution in [2.75, 3.05) is 5.73 Å². The minimum Gasteiger partial charge on any atom is -0.454 e. The minimum absolute atomic E-state index is 0.171. The Morgan fingerprint density at radius 2 is 1.97 bits per heavy atom. The number of aromatic nitrogens is 4. The molecule has 184 valence electrons. The smallest absolute Gasteiger partial charge is 0.428 e. The second-order valence-corrected chi connectivity index (χ2v) is 7.43. The number of hydrogen-bond acceptors (Lipinski definition) is 9. The summed E-state index contributed by atoms with van der Waals surface area (Å²) >= 11 is 6.06. The molecule has 0 spiro atoms. The van der Waals surface area contributed by atoms with Crippen LogP contribution >= 0.6 is 11.6 Å². The number of esters is 2. The number of nitrogens with zero attached hydrogens (tertiary/aromatic N) is 4. The minimum atomic E-state index is -5.27. The summed E-state index contributed by atoms with van der Waals surface area (Å²) in [6.07, 6.45) is -12.4. The van der Waals surface area contributed by atoms with Gasteiger partial charge in [-0.2, -0.15) is 23.1 Å². The standard InChI is InChI=1S/C18H16ClF4N5O6/c1-4-5-27-9-13(19)25-16(24)26-14(9)28(17(27)31)15-11(32-6(2)29)8(20)10(34-15)12(18(21,22)23)33-7(3)30/h1,8,10-12,15H,5H2,2-3H3,(H2,24,25,26)/t8-,10-,11+,12?,15+/m0/s1. The van der Waals surface area contributed by atoms with Crippen molar-refractivity contribution in [1.29, 1.82) is 0 Å². The van der Waals surface area contributed by atoms with Gasteiger partial charge in [-0.3, -0.25) is 14.2 Å². The number of nitrogen functional groups attached to an aromatic ring is 1. The van der Waals surface area contributed by atoms with Crippen molar-refractivity contribution in [2.24, 2.45) is 0 Å². The number of rotatable bonds is 5. The van der Waals surface area contributed by atoms with Crippen LogP contribution in [0.1, 0.15) is 20.1 Å². The molecule has 1 aliphatic heterocycles. The van der Waals surface area contributed by atoms with Crippen molar-refractivity contribution in [1.82, 2.24) is 19.1 Å². The van der Waals surface area contributed by atoms with Gasteiger partial charge >= 0.3 is 23.8 Å². The predicted octanol–water partition coefficient (Wildman–Crippen LogP) is 1.12. The van der Waals surface area contributed by atoms with E-state index in [-0.39, 0.29) is 22.9 Å². The Kier molecular flexibility index (Phi) is 6.76. The fourth-order valence-corrected chi connectivity index (χ4v) is 3.81. The second-order valence-electron chi connectivity index (χ2n) is 7.07. The number of ether oxygens (including phenoxy) is 3. The van der Waals surface area contributed by atoms with Crippen molar-refractivity contribution >= 4 is 40.7 Å². The van der Waals surface area contributed by atoms with E-state index in [9.17, 15) is 27.6 Å². The van der Waals surface area contributed by atoms with E-state index in [0.29, 0.717) is 11.5 Å². The molecule has 0 amide bonds. The second kappa shape index (κ2) is 9.11. The van der Waals surface area contributed by atoms with E-state index in [4.69, 9.17) is 33.2 Å². The fourth-order valence-electron chi connectivity index (χ4n) is 3.53. The van der Waals surface area contributed by atoms with Gasteiger partial charge in [0.1, 0.15) is 11.6 Å². The van der Waals surface area contributed by atoms with Gasteiger partial charge in [0.25, 0.3) is 0 Å². The highest BCUT2D eigenvalue weighted by Crippen LogP contribution is 2.41. The molecular formula is C18H16ClF4N5O6. The van der Waals surface area contributed by atoms with Crippen molar-refractivity contribution in [3.8, 4) is 12.3 Å². The van der Waals surface area contributed by atoms with Crippen LogP contribution in [0.25, 0.3) is 11.2 Å². The first kappa shape index (κ1) is 25.2. The van der Waals surface area contributed by atoms with E-state index in [0.717, 1.165) is 11.5 Å². The van der Waals surface area contributed by atoms with Crippen molar-refractivity contribution in [3.63, 3.8) is 0 Å². The highest BCUT2D eigenvalue weighted by atomic mass is 35.5. The fraction of sp³-hybridized carbons (Fsp3) is 0.500. The number of imidazole rings is 1. The zero-order chi connectivity index (χ0) is 25.5. The molecule has 2 aromatic rings. The van der Waals surface area contributed by atoms with Crippen molar-refractivity contribution < 1.29 is 41.4 Å². The molecule has 1 unspecified atom stereocenters. The van der Waals surface area contributed by atoms with E-state index in [1.165, 1.54) is 0 Å². The highest BCUT2D eigenvalue weighted by molar-refractivity contribution is 6.33. The Morgan fingerprint density at radius 1 is 1.32 bits per heavy atom. The molecule has 5 atom stereocenters. The molecule has 1 saturated heterocycles. The summed E-state index contributed by atoms with van der Waals surface area (Å²) in [5.74, 6) is -0.723. The molecule has 0 bridgehead atoms. The summed E-state index contributed by atoms with van der Waals surface area (Å²) in [4.78, 5) is 43.5. The van der Waals surface area contributed by atoms with Crippen LogP contribution in [-0.2, 0) is 30.3 Å². The van der Waals surface area contributed by atoms with Gasteiger partial charge < -0.3 is 19.9 Å². The maximum absolute atomic E-state index is 15.3. The molecule has 11 nitrogen and oxygen atoms in total. The third kappa shape index (κ3) is 4.50. The summed E-state index contributed by atoms with van der Waals surface area (Å²) in [5.41, 5.74) is 3.99. The molecule has 3 rings (SSSR count). The monoisotopic (exact) mass is 509 g/mol. The van der Waals surface area contributed by atoms with E-state index >= 15 is 4.39 Å². The van der Waals surface area contributed by atoms with Crippen LogP contribution < -0.4 is 11.4 Å². The lowest BCUT2D eigenvalue weighted by Crippen LogP contribution is -2.47. The first-order valence-corrected chi connectivity index (χ1v) is 9.73. The van der Waals surface area contributed by atoms with Gasteiger partial charge in [0.05, 0.1) is 6.54 Å². The molecule has 34 heavy (non-hydrogen) atoms. The molecule has 0 radical (unpaired) electrons. The van der Waals surface area contributed by atoms with Gasteiger partial charge in [-0.25, -0.2) is 13.8 Å². The number of fused-ring (bicyclic) bond motifs is 1. The lowest BCUT2D eigenvalue weighted by atomic mass is 10.1. The average molecular weight is 510 g/mol. The topological polar surface area (TPSA) is 141 Å². The Balaban J connectivity index is 2.24. The third-order valence-electron chi connectivity index (χ3n) is 4.70. The first-order valence-electron chi connectivity index (χ1n) is 9.35. The van der Waals surface area contributed by atoms with Gasteiger partial charge in [0.2, 0.25) is 12.1 Å². The number of carbonyl (C=O) groups excluding carboxylic acids is 2. The lowest BCUT2D eigenvalue weighted by molar-refractivity contribution is -0.252. The molecule has 1 aliphatic rings. The van der Waals surface area contributed by atoms with Gasteiger partial charge in [0.15, 0.2) is 29.3 Å². The van der Waals surface area contributed by atoms with E-state index in [1.807, 2.05) is 0 Å². The van der Waals surface area contributed by atoms with Crippen LogP contribution in [0.5, 0.6) is 0 Å². The van der Waals surface area contributed by atoms with E-state index in [1.54, 1.807) is 0 Å². The van der Waals surface area contributed by atoms with Crippen LogP contribution in [0.2, 0.25) is 5.15 Å². The van der Waals surface area contributed by atoms with Crippen molar-refractivity contribution in [2.45, 2.75) is 57.3 Å². The van der Waals surface area contributed by atoms with Crippen LogP contribution in [-0.4, -0.2) is 61.7 Å². The normalized spacial score (nSPS) is 23.5. The summed E-state index contributed by atoms with van der Waals surface area (Å²) in [6, 6.07) is 0. The van der Waals surface area contributed by atoms with Gasteiger partial charge in [-0.15, -0.1) is 6.42 Å². The molecule has 2 N–H and O–H groups in total. The van der Waals surface area contributed by atoms with Crippen LogP contribution in [0.3, 0.4) is 0 Å². The van der Waals surface area contributed by atoms with Gasteiger partial charge in [0, 0.05) is 13.8 Å². The molecule has 0 aliphatic carbocycles. The summed E-state index contributed by atoms with van der Waals surface area (Å²) in [7, 11) is 0. The van der Waals surface area contributed by atoms with Crippen LogP contribution in [0, 0.1) is 12.3 Å². The Morgan fingerprint density at radius 3 is 2.50 bits per heavy atom. The first-order chi connectivity index (χ1) is 15.8. The number of alkyl halides is 4. The highest BCUT2D eigenvalue weighted by Gasteiger charge is 2.60. The third-order valence-corrected chi connectivity index (χ3v) is 4.96. The largest absolute Gasteiger partial charge is 0.454 e. The SMILES string of the molecule is C#CCn1c(=O)n([C@@H]2O[C@H](C(OC(C)=O)C(F)(F)F)[C@H](F)[C@H]2OC(C)=O)c2nc(N)nc(Cl)c21. The zero-order valence-electron chi connectivity index (χ0n) is 17.4. The molecule has 2 aromatic heterocycles. The molecule has 0 saturated carbocycles. The van der Waals surface area contributed by atoms with Crippen LogP contribution in [0.4, 0.5) is 23.5 Å². The van der Waals surface area contributed by atoms with Crippen LogP contribution in [0.15, 0.2) is 4.79 Å². The molecule has 16 heteroatoms. The summed E-state index contributed by atoms with van der Waals surface area (Å²) in [5, 5.41) is -0.336. The number of anilines is 1. The number of halogens is 5. The van der Waals surface area contributed by atoms with E-state index in [2.05, 4.69) is 20.6 Å². The maximum Gasteiger partial charge on any atom is 0.428 e. The van der Waals surface area contributed by atoms with Gasteiger partial charge in [-0.05, 0) is 0 Å². The molecule has 0 aromatic carbocycles. The predicted molar refractivity (Wildman–Crippen MR) is 106 cm³/mol. The molecular weight excluding hydrogens is 494 g/mol. The Labute approximate surface area is 192 Å².